The van der Waals surface area contributed by atoms with Gasteiger partial charge >= 0.3 is 17.5 Å². The molecule has 1 amide bonds. The van der Waals surface area contributed by atoms with Crippen LogP contribution in [0.5, 0.6) is 0 Å². The lowest BCUT2D eigenvalue weighted by molar-refractivity contribution is 0.0483. The zero-order valence-corrected chi connectivity index (χ0v) is 19.4. The minimum absolute atomic E-state index is 0.203. The second-order valence-corrected chi connectivity index (χ2v) is 8.93. The highest BCUT2D eigenvalue weighted by atomic mass is 19.1. The Morgan fingerprint density at radius 1 is 1.03 bits per heavy atom. The Balaban J connectivity index is 1.36. The Kier molecular flexibility index (Phi) is 6.29. The Morgan fingerprint density at radius 2 is 1.71 bits per heavy atom. The summed E-state index contributed by atoms with van der Waals surface area (Å²) in [6.07, 6.45) is 6.24. The van der Waals surface area contributed by atoms with Crippen molar-refractivity contribution in [3.8, 4) is 17.2 Å². The van der Waals surface area contributed by atoms with Gasteiger partial charge in [-0.05, 0) is 37.1 Å². The predicted molar refractivity (Wildman–Crippen MR) is 123 cm³/mol. The van der Waals surface area contributed by atoms with E-state index in [-0.39, 0.29) is 23.1 Å². The van der Waals surface area contributed by atoms with E-state index in [1.807, 2.05) is 0 Å². The van der Waals surface area contributed by atoms with Gasteiger partial charge in [0.15, 0.2) is 5.69 Å². The highest BCUT2D eigenvalue weighted by Gasteiger charge is 2.30. The van der Waals surface area contributed by atoms with E-state index in [2.05, 4.69) is 20.1 Å². The van der Waals surface area contributed by atoms with E-state index in [1.165, 1.54) is 63.4 Å². The van der Waals surface area contributed by atoms with Crippen LogP contribution in [0.3, 0.4) is 0 Å². The van der Waals surface area contributed by atoms with Crippen LogP contribution in [-0.4, -0.2) is 72.4 Å². The Labute approximate surface area is 199 Å². The van der Waals surface area contributed by atoms with Crippen molar-refractivity contribution in [2.75, 3.05) is 26.2 Å². The molecule has 11 nitrogen and oxygen atoms in total. The molecule has 0 N–H and O–H groups in total. The third kappa shape index (κ3) is 4.53. The molecule has 5 rings (SSSR count). The average Bonchev–Trinajstić information content (AvgIpc) is 3.38. The lowest BCUT2D eigenvalue weighted by atomic mass is 9.94. The van der Waals surface area contributed by atoms with Crippen LogP contribution in [0, 0.1) is 5.82 Å². The molecule has 0 radical (unpaired) electrons. The minimum atomic E-state index is -0.741. The highest BCUT2D eigenvalue weighted by molar-refractivity contribution is 5.90. The van der Waals surface area contributed by atoms with Crippen LogP contribution < -0.4 is 11.2 Å². The molecule has 0 bridgehead atoms. The van der Waals surface area contributed by atoms with E-state index >= 15 is 0 Å². The number of rotatable bonds is 4. The smallest absolute Gasteiger partial charge is 0.332 e. The Hall–Kier alpha value is -3.67. The molecule has 0 spiro atoms. The number of nitrogens with zero attached hydrogens (tertiary/aromatic N) is 7. The number of halogens is 1. The van der Waals surface area contributed by atoms with Gasteiger partial charge in [-0.2, -0.15) is 14.8 Å². The summed E-state index contributed by atoms with van der Waals surface area (Å²) in [5, 5.41) is 7.86. The topological polar surface area (TPSA) is 119 Å². The van der Waals surface area contributed by atoms with Crippen LogP contribution >= 0.6 is 0 Å². The van der Waals surface area contributed by atoms with Gasteiger partial charge in [0.1, 0.15) is 5.82 Å². The van der Waals surface area contributed by atoms with Crippen molar-refractivity contribution in [2.24, 2.45) is 7.05 Å². The van der Waals surface area contributed by atoms with Crippen molar-refractivity contribution in [3.05, 3.63) is 56.8 Å². The molecule has 2 aliphatic rings. The first-order valence-corrected chi connectivity index (χ1v) is 11.8. The number of amides is 1. The fourth-order valence-electron chi connectivity index (χ4n) is 4.74. The van der Waals surface area contributed by atoms with Gasteiger partial charge in [0.25, 0.3) is 5.56 Å². The largest absolute Gasteiger partial charge is 0.351 e. The van der Waals surface area contributed by atoms with Gasteiger partial charge in [-0.3, -0.25) is 19.1 Å². The molecular formula is C23H26FN7O4. The summed E-state index contributed by atoms with van der Waals surface area (Å²) in [4.78, 5) is 46.5. The summed E-state index contributed by atoms with van der Waals surface area (Å²) in [6.45, 7) is 2.70. The molecule has 3 aromatic rings. The number of aromatic nitrogens is 5. The minimum Gasteiger partial charge on any atom is -0.332 e. The monoisotopic (exact) mass is 483 g/mol. The van der Waals surface area contributed by atoms with Crippen LogP contribution in [0.25, 0.3) is 17.2 Å². The van der Waals surface area contributed by atoms with Crippen LogP contribution in [0.15, 0.2) is 38.4 Å². The van der Waals surface area contributed by atoms with Gasteiger partial charge in [-0.1, -0.05) is 24.4 Å². The standard InChI is InChI=1S/C23H26FN7O4/c1-28-21(32)18(26-31(23(28)34)17-9-7-15(24)8-10-17)19-25-20(35-27-19)22(33)30-13-11-29(12-14-30)16-5-3-2-4-6-16/h7-10,16H,2-6,11-14H2,1H3. The molecule has 0 unspecified atom stereocenters. The van der Waals surface area contributed by atoms with Crippen molar-refractivity contribution in [2.45, 2.75) is 38.1 Å². The van der Waals surface area contributed by atoms with E-state index in [1.54, 1.807) is 4.90 Å². The van der Waals surface area contributed by atoms with Gasteiger partial charge < -0.3 is 9.42 Å². The van der Waals surface area contributed by atoms with Gasteiger partial charge in [-0.15, -0.1) is 0 Å². The second-order valence-electron chi connectivity index (χ2n) is 8.93. The van der Waals surface area contributed by atoms with Gasteiger partial charge in [-0.25, -0.2) is 9.18 Å². The molecule has 3 heterocycles. The zero-order chi connectivity index (χ0) is 24.5. The van der Waals surface area contributed by atoms with Crippen LogP contribution in [0.1, 0.15) is 42.8 Å². The van der Waals surface area contributed by atoms with E-state index < -0.39 is 23.0 Å². The molecular weight excluding hydrogens is 457 g/mol. The first-order chi connectivity index (χ1) is 16.9. The van der Waals surface area contributed by atoms with Gasteiger partial charge in [0.05, 0.1) is 5.69 Å². The summed E-state index contributed by atoms with van der Waals surface area (Å²) in [6, 6.07) is 5.66. The molecule has 184 valence electrons. The molecule has 12 heteroatoms. The first kappa shape index (κ1) is 23.1. The molecule has 1 saturated heterocycles. The quantitative estimate of drug-likeness (QED) is 0.543. The highest BCUT2D eigenvalue weighted by Crippen LogP contribution is 2.24. The lowest BCUT2D eigenvalue weighted by Crippen LogP contribution is -2.52. The fourth-order valence-corrected chi connectivity index (χ4v) is 4.74. The molecule has 2 aromatic heterocycles. The number of carbonyl (C=O) groups is 1. The van der Waals surface area contributed by atoms with E-state index in [0.29, 0.717) is 19.1 Å². The molecule has 1 aromatic carbocycles. The Morgan fingerprint density at radius 3 is 2.40 bits per heavy atom. The molecule has 1 aliphatic heterocycles. The number of benzene rings is 1. The number of piperazine rings is 1. The van der Waals surface area contributed by atoms with E-state index in [9.17, 15) is 18.8 Å². The van der Waals surface area contributed by atoms with Crippen molar-refractivity contribution in [1.29, 1.82) is 0 Å². The number of hydrogen-bond acceptors (Lipinski definition) is 8. The first-order valence-electron chi connectivity index (χ1n) is 11.8. The maximum absolute atomic E-state index is 13.3. The van der Waals surface area contributed by atoms with Crippen molar-refractivity contribution < 1.29 is 13.7 Å². The van der Waals surface area contributed by atoms with Crippen LogP contribution in [0.2, 0.25) is 0 Å². The van der Waals surface area contributed by atoms with Crippen molar-refractivity contribution in [3.63, 3.8) is 0 Å². The van der Waals surface area contributed by atoms with Crippen molar-refractivity contribution in [1.82, 2.24) is 34.3 Å². The third-order valence-electron chi connectivity index (χ3n) is 6.76. The summed E-state index contributed by atoms with van der Waals surface area (Å²) < 4.78 is 20.3. The molecule has 35 heavy (non-hydrogen) atoms. The average molecular weight is 484 g/mol. The van der Waals surface area contributed by atoms with Crippen molar-refractivity contribution >= 4 is 5.91 Å². The van der Waals surface area contributed by atoms with E-state index in [0.717, 1.165) is 22.3 Å². The number of carbonyl (C=O) groups excluding carboxylic acids is 1. The van der Waals surface area contributed by atoms with Gasteiger partial charge in [0.2, 0.25) is 5.82 Å². The Bertz CT molecular complexity index is 1330. The van der Waals surface area contributed by atoms with E-state index in [4.69, 9.17) is 4.52 Å². The van der Waals surface area contributed by atoms with Gasteiger partial charge in [0, 0.05) is 39.3 Å². The summed E-state index contributed by atoms with van der Waals surface area (Å²) in [5.74, 6) is -1.33. The third-order valence-corrected chi connectivity index (χ3v) is 6.76. The normalized spacial score (nSPS) is 17.6. The summed E-state index contributed by atoms with van der Waals surface area (Å²) >= 11 is 0. The lowest BCUT2D eigenvalue weighted by Gasteiger charge is -2.40. The zero-order valence-electron chi connectivity index (χ0n) is 19.4. The maximum atomic E-state index is 13.3. The maximum Gasteiger partial charge on any atom is 0.351 e. The number of hydrogen-bond donors (Lipinski definition) is 0. The fraction of sp³-hybridized carbons (Fsp3) is 0.478. The van der Waals surface area contributed by atoms with Crippen LogP contribution in [0.4, 0.5) is 4.39 Å². The SMILES string of the molecule is Cn1c(=O)c(-c2noc(C(=O)N3CCN(C4CCCCC4)CC3)n2)nn(-c2ccc(F)cc2)c1=O. The summed E-state index contributed by atoms with van der Waals surface area (Å²) in [5.41, 5.74) is -1.47. The molecule has 1 aliphatic carbocycles. The predicted octanol–water partition coefficient (Wildman–Crippen LogP) is 1.21. The summed E-state index contributed by atoms with van der Waals surface area (Å²) in [7, 11) is 1.29. The molecule has 0 atom stereocenters. The molecule has 1 saturated carbocycles. The second kappa shape index (κ2) is 9.53. The molecule has 2 fully saturated rings. The van der Waals surface area contributed by atoms with Crippen LogP contribution in [-0.2, 0) is 7.05 Å².